The van der Waals surface area contributed by atoms with E-state index < -0.39 is 6.48 Å². The molecule has 0 aliphatic carbocycles. The Balaban J connectivity index is 2.87. The minimum absolute atomic E-state index is 0.0987. The molecule has 0 saturated heterocycles. The van der Waals surface area contributed by atoms with Crippen molar-refractivity contribution in [1.29, 1.82) is 0 Å². The average molecular weight is 254 g/mol. The Kier molecular flexibility index (Phi) is 5.89. The number of rotatable bonds is 7. The highest BCUT2D eigenvalue weighted by Gasteiger charge is 2.14. The molecule has 5 heteroatoms. The molecule has 0 saturated carbocycles. The number of ketones is 1. The van der Waals surface area contributed by atoms with E-state index in [1.165, 1.54) is 14.2 Å². The zero-order valence-corrected chi connectivity index (χ0v) is 12.4. The van der Waals surface area contributed by atoms with Gasteiger partial charge in [0, 0.05) is 30.9 Å². The van der Waals surface area contributed by atoms with E-state index in [1.54, 1.807) is 12.1 Å². The molecule has 1 aromatic carbocycles. The van der Waals surface area contributed by atoms with Crippen molar-refractivity contribution in [2.45, 2.75) is 18.9 Å². The fourth-order valence-electron chi connectivity index (χ4n) is 1.46. The molecule has 0 aliphatic heterocycles. The SMILES string of the molecule is COC(OC)Oc1ccccc1C(=O)CC[SiH3]. The van der Waals surface area contributed by atoms with E-state index in [9.17, 15) is 4.79 Å². The van der Waals surface area contributed by atoms with Gasteiger partial charge >= 0.3 is 6.48 Å². The highest BCUT2D eigenvalue weighted by Crippen LogP contribution is 2.21. The predicted octanol–water partition coefficient (Wildman–Crippen LogP) is 0.998. The highest BCUT2D eigenvalue weighted by atomic mass is 28.1. The Bertz CT molecular complexity index is 363. The van der Waals surface area contributed by atoms with Gasteiger partial charge in [0.05, 0.1) is 5.56 Å². The first-order chi connectivity index (χ1) is 8.22. The Morgan fingerprint density at radius 1 is 1.29 bits per heavy atom. The molecule has 0 unspecified atom stereocenters. The molecule has 0 spiro atoms. The normalized spacial score (nSPS) is 10.8. The second kappa shape index (κ2) is 7.21. The number of para-hydroxylation sites is 1. The Morgan fingerprint density at radius 2 is 1.94 bits per heavy atom. The summed E-state index contributed by atoms with van der Waals surface area (Å²) < 4.78 is 15.4. The van der Waals surface area contributed by atoms with E-state index >= 15 is 0 Å². The van der Waals surface area contributed by atoms with Gasteiger partial charge in [-0.3, -0.25) is 4.79 Å². The fraction of sp³-hybridized carbons (Fsp3) is 0.417. The number of ether oxygens (including phenoxy) is 3. The van der Waals surface area contributed by atoms with Crippen molar-refractivity contribution < 1.29 is 19.0 Å². The first kappa shape index (κ1) is 13.9. The molecule has 0 heterocycles. The van der Waals surface area contributed by atoms with Gasteiger partial charge in [0.2, 0.25) is 0 Å². The van der Waals surface area contributed by atoms with Crippen molar-refractivity contribution >= 4 is 16.0 Å². The topological polar surface area (TPSA) is 44.8 Å². The van der Waals surface area contributed by atoms with Crippen LogP contribution in [0.15, 0.2) is 24.3 Å². The van der Waals surface area contributed by atoms with Crippen LogP contribution in [-0.2, 0) is 9.47 Å². The third-order valence-electron chi connectivity index (χ3n) is 2.27. The Morgan fingerprint density at radius 3 is 2.53 bits per heavy atom. The van der Waals surface area contributed by atoms with E-state index in [-0.39, 0.29) is 5.78 Å². The molecule has 0 bridgehead atoms. The molecule has 0 fully saturated rings. The van der Waals surface area contributed by atoms with Gasteiger partial charge in [-0.2, -0.15) is 0 Å². The number of methoxy groups -OCH3 is 2. The van der Waals surface area contributed by atoms with Crippen LogP contribution < -0.4 is 4.74 Å². The summed E-state index contributed by atoms with van der Waals surface area (Å²) in [6.07, 6.45) is 0.567. The fourth-order valence-corrected chi connectivity index (χ4v) is 1.91. The molecule has 0 atom stereocenters. The molecule has 0 radical (unpaired) electrons. The predicted molar refractivity (Wildman–Crippen MR) is 68.6 cm³/mol. The largest absolute Gasteiger partial charge is 0.440 e. The van der Waals surface area contributed by atoms with E-state index in [0.717, 1.165) is 16.3 Å². The summed E-state index contributed by atoms with van der Waals surface area (Å²) in [5, 5.41) is 0. The minimum Gasteiger partial charge on any atom is -0.440 e. The molecular weight excluding hydrogens is 236 g/mol. The summed E-state index contributed by atoms with van der Waals surface area (Å²) in [4.78, 5) is 11.9. The zero-order valence-electron chi connectivity index (χ0n) is 10.4. The zero-order chi connectivity index (χ0) is 12.7. The third-order valence-corrected chi connectivity index (χ3v) is 2.77. The average Bonchev–Trinajstić information content (AvgIpc) is 2.36. The van der Waals surface area contributed by atoms with Gasteiger partial charge in [0.25, 0.3) is 0 Å². The maximum atomic E-state index is 11.9. The molecule has 0 aliphatic rings. The van der Waals surface area contributed by atoms with Crippen LogP contribution in [0.2, 0.25) is 6.04 Å². The van der Waals surface area contributed by atoms with Crippen LogP contribution in [0.1, 0.15) is 16.8 Å². The number of carbonyl (C=O) groups excluding carboxylic acids is 1. The van der Waals surface area contributed by atoms with Crippen molar-refractivity contribution in [1.82, 2.24) is 0 Å². The van der Waals surface area contributed by atoms with E-state index in [1.807, 2.05) is 12.1 Å². The molecule has 4 nitrogen and oxygen atoms in total. The van der Waals surface area contributed by atoms with Gasteiger partial charge in [0.15, 0.2) is 5.78 Å². The second-order valence-electron chi connectivity index (χ2n) is 3.55. The van der Waals surface area contributed by atoms with Crippen LogP contribution in [0.3, 0.4) is 0 Å². The van der Waals surface area contributed by atoms with Gasteiger partial charge in [0.1, 0.15) is 5.75 Å². The van der Waals surface area contributed by atoms with Crippen molar-refractivity contribution in [3.05, 3.63) is 29.8 Å². The third kappa shape index (κ3) is 3.96. The number of hydrogen-bond acceptors (Lipinski definition) is 4. The monoisotopic (exact) mass is 254 g/mol. The van der Waals surface area contributed by atoms with E-state index in [0.29, 0.717) is 17.7 Å². The molecule has 94 valence electrons. The van der Waals surface area contributed by atoms with Crippen molar-refractivity contribution in [3.63, 3.8) is 0 Å². The lowest BCUT2D eigenvalue weighted by Gasteiger charge is -2.17. The van der Waals surface area contributed by atoms with Gasteiger partial charge < -0.3 is 14.2 Å². The lowest BCUT2D eigenvalue weighted by atomic mass is 10.1. The summed E-state index contributed by atoms with van der Waals surface area (Å²) >= 11 is 0. The van der Waals surface area contributed by atoms with Gasteiger partial charge in [-0.15, -0.1) is 0 Å². The Labute approximate surface area is 104 Å². The lowest BCUT2D eigenvalue weighted by Crippen LogP contribution is -2.21. The van der Waals surface area contributed by atoms with E-state index in [4.69, 9.17) is 14.2 Å². The van der Waals surface area contributed by atoms with Crippen LogP contribution >= 0.6 is 0 Å². The molecule has 0 amide bonds. The number of Topliss-reactive ketones (excluding diaryl/α,β-unsaturated/α-hetero) is 1. The first-order valence-corrected chi connectivity index (χ1v) is 6.98. The van der Waals surface area contributed by atoms with Crippen LogP contribution in [0.5, 0.6) is 5.75 Å². The van der Waals surface area contributed by atoms with Crippen LogP contribution in [0, 0.1) is 0 Å². The standard InChI is InChI=1S/C12H18O4Si/c1-14-12(15-2)16-11-6-4-3-5-9(11)10(13)7-8-17/h3-6,12H,7-8H2,1-2,17H3. The summed E-state index contributed by atoms with van der Waals surface area (Å²) in [5.41, 5.74) is 0.586. The molecular formula is C12H18O4Si. The van der Waals surface area contributed by atoms with Gasteiger partial charge in [-0.25, -0.2) is 0 Å². The lowest BCUT2D eigenvalue weighted by molar-refractivity contribution is -0.219. The first-order valence-electron chi connectivity index (χ1n) is 5.57. The number of benzene rings is 1. The van der Waals surface area contributed by atoms with Crippen LogP contribution in [0.25, 0.3) is 0 Å². The van der Waals surface area contributed by atoms with Crippen molar-refractivity contribution in [3.8, 4) is 5.75 Å². The maximum absolute atomic E-state index is 11.9. The summed E-state index contributed by atoms with van der Waals surface area (Å²) in [6.45, 7) is -0.792. The second-order valence-corrected chi connectivity index (χ2v) is 4.55. The minimum atomic E-state index is -0.792. The smallest absolute Gasteiger partial charge is 0.315 e. The highest BCUT2D eigenvalue weighted by molar-refractivity contribution is 6.11. The molecule has 0 aromatic heterocycles. The molecule has 0 N–H and O–H groups in total. The Hall–Kier alpha value is -1.17. The molecule has 1 aromatic rings. The summed E-state index contributed by atoms with van der Waals surface area (Å²) in [6, 6.07) is 8.09. The molecule has 1 rings (SSSR count). The summed E-state index contributed by atoms with van der Waals surface area (Å²) in [7, 11) is 3.99. The summed E-state index contributed by atoms with van der Waals surface area (Å²) in [5.74, 6) is 0.600. The molecule has 17 heavy (non-hydrogen) atoms. The van der Waals surface area contributed by atoms with Crippen LogP contribution in [0.4, 0.5) is 0 Å². The van der Waals surface area contributed by atoms with Gasteiger partial charge in [-0.05, 0) is 12.1 Å². The van der Waals surface area contributed by atoms with Crippen LogP contribution in [-0.4, -0.2) is 36.7 Å². The number of hydrogen-bond donors (Lipinski definition) is 0. The quantitative estimate of drug-likeness (QED) is 0.414. The number of carbonyl (C=O) groups is 1. The van der Waals surface area contributed by atoms with Crippen molar-refractivity contribution in [2.75, 3.05) is 14.2 Å². The van der Waals surface area contributed by atoms with E-state index in [2.05, 4.69) is 0 Å². The maximum Gasteiger partial charge on any atom is 0.315 e. The van der Waals surface area contributed by atoms with Gasteiger partial charge in [-0.1, -0.05) is 18.2 Å². The van der Waals surface area contributed by atoms with Crippen molar-refractivity contribution in [2.24, 2.45) is 0 Å².